The third-order valence-corrected chi connectivity index (χ3v) is 3.85. The number of carbonyl (C=O) groups is 1. The van der Waals surface area contributed by atoms with Crippen molar-refractivity contribution in [2.75, 3.05) is 0 Å². The highest BCUT2D eigenvalue weighted by Gasteiger charge is 2.28. The summed E-state index contributed by atoms with van der Waals surface area (Å²) in [5.41, 5.74) is 10.0. The molecule has 0 aliphatic rings. The zero-order chi connectivity index (χ0) is 13.1. The molecule has 0 aliphatic heterocycles. The van der Waals surface area contributed by atoms with Crippen molar-refractivity contribution in [3.8, 4) is 0 Å². The van der Waals surface area contributed by atoms with Crippen LogP contribution in [-0.4, -0.2) is 21.7 Å². The average Bonchev–Trinajstić information content (AvgIpc) is 2.20. The Morgan fingerprint density at radius 2 is 2.35 bits per heavy atom. The molecule has 2 atom stereocenters. The van der Waals surface area contributed by atoms with Crippen LogP contribution in [0.4, 0.5) is 0 Å². The Labute approximate surface area is 110 Å². The molecule has 0 radical (unpaired) electrons. The Hall–Kier alpha value is -0.780. The Balaban J connectivity index is 2.65. The van der Waals surface area contributed by atoms with E-state index in [-0.39, 0.29) is 5.25 Å². The van der Waals surface area contributed by atoms with Gasteiger partial charge in [-0.05, 0) is 25.5 Å². The second-order valence-electron chi connectivity index (χ2n) is 4.20. The summed E-state index contributed by atoms with van der Waals surface area (Å²) in [5.74, 6) is -0.503. The van der Waals surface area contributed by atoms with Crippen LogP contribution in [0.15, 0.2) is 23.4 Å². The highest BCUT2D eigenvalue weighted by Crippen LogP contribution is 2.31. The highest BCUT2D eigenvalue weighted by atomic mass is 35.5. The second kappa shape index (κ2) is 5.71. The van der Waals surface area contributed by atoms with Crippen LogP contribution in [0.1, 0.15) is 20.3 Å². The third-order valence-electron chi connectivity index (χ3n) is 2.31. The quantitative estimate of drug-likeness (QED) is 0.802. The lowest BCUT2D eigenvalue weighted by atomic mass is 9.97. The van der Waals surface area contributed by atoms with Crippen LogP contribution in [0.3, 0.4) is 0 Å². The molecule has 0 aromatic carbocycles. The molecule has 0 bridgehead atoms. The first kappa shape index (κ1) is 14.3. The number of pyridine rings is 1. The van der Waals surface area contributed by atoms with Gasteiger partial charge in [-0.1, -0.05) is 18.5 Å². The van der Waals surface area contributed by atoms with Gasteiger partial charge in [0, 0.05) is 11.4 Å². The lowest BCUT2D eigenvalue weighted by Crippen LogP contribution is -2.50. The molecule has 0 spiro atoms. The molecule has 1 heterocycles. The predicted octanol–water partition coefficient (Wildman–Crippen LogP) is 1.81. The van der Waals surface area contributed by atoms with E-state index in [1.54, 1.807) is 25.3 Å². The van der Waals surface area contributed by atoms with Gasteiger partial charge in [0.05, 0.1) is 10.6 Å². The van der Waals surface area contributed by atoms with E-state index >= 15 is 0 Å². The van der Waals surface area contributed by atoms with Crippen molar-refractivity contribution in [3.63, 3.8) is 0 Å². The van der Waals surface area contributed by atoms with Crippen LogP contribution >= 0.6 is 23.4 Å². The number of nitrogens with zero attached hydrogens (tertiary/aromatic N) is 1. The summed E-state index contributed by atoms with van der Waals surface area (Å²) in [5, 5.41) is 1.44. The summed E-state index contributed by atoms with van der Waals surface area (Å²) in [6.07, 6.45) is 2.15. The third kappa shape index (κ3) is 4.18. The van der Waals surface area contributed by atoms with Crippen LogP contribution in [0.2, 0.25) is 5.02 Å². The molecule has 94 valence electrons. The number of aromatic nitrogens is 1. The van der Waals surface area contributed by atoms with Crippen molar-refractivity contribution < 1.29 is 4.79 Å². The van der Waals surface area contributed by atoms with Gasteiger partial charge in [-0.2, -0.15) is 0 Å². The molecule has 0 saturated carbocycles. The molecule has 0 fully saturated rings. The topological polar surface area (TPSA) is 82.0 Å². The van der Waals surface area contributed by atoms with Crippen molar-refractivity contribution in [1.82, 2.24) is 4.98 Å². The van der Waals surface area contributed by atoms with Gasteiger partial charge in [0.25, 0.3) is 0 Å². The average molecular weight is 274 g/mol. The molecular formula is C11H16ClN3OS. The number of halogens is 1. The summed E-state index contributed by atoms with van der Waals surface area (Å²) >= 11 is 7.48. The summed E-state index contributed by atoms with van der Waals surface area (Å²) in [7, 11) is 0. The van der Waals surface area contributed by atoms with Crippen LogP contribution in [0.25, 0.3) is 0 Å². The molecule has 0 aliphatic carbocycles. The number of nitrogens with two attached hydrogens (primary N) is 2. The first-order valence-corrected chi connectivity index (χ1v) is 6.44. The molecule has 4 N–H and O–H groups in total. The number of carbonyl (C=O) groups excluding carboxylic acids is 1. The molecule has 1 rings (SSSR count). The molecule has 1 aromatic rings. The van der Waals surface area contributed by atoms with Crippen molar-refractivity contribution >= 4 is 29.3 Å². The fraction of sp³-hybridized carbons (Fsp3) is 0.455. The van der Waals surface area contributed by atoms with Crippen molar-refractivity contribution in [1.29, 1.82) is 0 Å². The standard InChI is InChI=1S/C11H16ClN3OS/c1-7(6-11(2,14)10(13)16)17-9-8(12)4-3-5-15-9/h3-5,7H,6,14H2,1-2H3,(H2,13,16). The summed E-state index contributed by atoms with van der Waals surface area (Å²) in [4.78, 5) is 15.3. The van der Waals surface area contributed by atoms with E-state index in [1.807, 2.05) is 6.92 Å². The summed E-state index contributed by atoms with van der Waals surface area (Å²) in [6, 6.07) is 3.55. The van der Waals surface area contributed by atoms with E-state index < -0.39 is 11.4 Å². The Bertz CT molecular complexity index is 411. The number of amides is 1. The van der Waals surface area contributed by atoms with Crippen LogP contribution in [0.5, 0.6) is 0 Å². The molecule has 1 aromatic heterocycles. The van der Waals surface area contributed by atoms with Crippen molar-refractivity contribution in [2.24, 2.45) is 11.5 Å². The fourth-order valence-corrected chi connectivity index (χ4v) is 2.76. The Morgan fingerprint density at radius 3 is 2.88 bits per heavy atom. The maximum Gasteiger partial charge on any atom is 0.237 e. The normalized spacial score (nSPS) is 16.2. The first-order valence-electron chi connectivity index (χ1n) is 5.19. The molecular weight excluding hydrogens is 258 g/mol. The number of rotatable bonds is 5. The number of thioether (sulfide) groups is 1. The van der Waals surface area contributed by atoms with E-state index in [4.69, 9.17) is 23.1 Å². The van der Waals surface area contributed by atoms with Gasteiger partial charge in [0.15, 0.2) is 0 Å². The second-order valence-corrected chi connectivity index (χ2v) is 6.04. The van der Waals surface area contributed by atoms with Gasteiger partial charge in [-0.15, -0.1) is 11.8 Å². The zero-order valence-corrected chi connectivity index (χ0v) is 11.4. The number of hydrogen-bond acceptors (Lipinski definition) is 4. The molecule has 4 nitrogen and oxygen atoms in total. The zero-order valence-electron chi connectivity index (χ0n) is 9.81. The Morgan fingerprint density at radius 1 is 1.71 bits per heavy atom. The van der Waals surface area contributed by atoms with Crippen molar-refractivity contribution in [2.45, 2.75) is 36.1 Å². The van der Waals surface area contributed by atoms with E-state index in [0.29, 0.717) is 11.4 Å². The molecule has 0 saturated heterocycles. The summed E-state index contributed by atoms with van der Waals surface area (Å²) in [6.45, 7) is 3.59. The number of hydrogen-bond donors (Lipinski definition) is 2. The van der Waals surface area contributed by atoms with Crippen LogP contribution in [-0.2, 0) is 4.79 Å². The lowest BCUT2D eigenvalue weighted by molar-refractivity contribution is -0.122. The predicted molar refractivity (Wildman–Crippen MR) is 71.0 cm³/mol. The maximum absolute atomic E-state index is 11.1. The summed E-state index contributed by atoms with van der Waals surface area (Å²) < 4.78 is 0. The SMILES string of the molecule is CC(CC(C)(N)C(N)=O)Sc1ncccc1Cl. The van der Waals surface area contributed by atoms with E-state index in [2.05, 4.69) is 4.98 Å². The van der Waals surface area contributed by atoms with E-state index in [9.17, 15) is 4.79 Å². The van der Waals surface area contributed by atoms with Gasteiger partial charge < -0.3 is 11.5 Å². The van der Waals surface area contributed by atoms with Gasteiger partial charge >= 0.3 is 0 Å². The highest BCUT2D eigenvalue weighted by molar-refractivity contribution is 7.99. The minimum Gasteiger partial charge on any atom is -0.368 e. The van der Waals surface area contributed by atoms with Gasteiger partial charge in [-0.3, -0.25) is 4.79 Å². The Kier molecular flexibility index (Phi) is 4.80. The van der Waals surface area contributed by atoms with Crippen LogP contribution < -0.4 is 11.5 Å². The van der Waals surface area contributed by atoms with Gasteiger partial charge in [-0.25, -0.2) is 4.98 Å². The minimum absolute atomic E-state index is 0.102. The smallest absolute Gasteiger partial charge is 0.237 e. The molecule has 17 heavy (non-hydrogen) atoms. The van der Waals surface area contributed by atoms with E-state index in [1.165, 1.54) is 11.8 Å². The maximum atomic E-state index is 11.1. The number of primary amides is 1. The molecule has 6 heteroatoms. The first-order chi connectivity index (χ1) is 7.83. The monoisotopic (exact) mass is 273 g/mol. The minimum atomic E-state index is -1.01. The molecule has 2 unspecified atom stereocenters. The fourth-order valence-electron chi connectivity index (χ4n) is 1.39. The van der Waals surface area contributed by atoms with Gasteiger partial charge in [0.1, 0.15) is 5.03 Å². The molecule has 1 amide bonds. The van der Waals surface area contributed by atoms with E-state index in [0.717, 1.165) is 5.03 Å². The van der Waals surface area contributed by atoms with Crippen LogP contribution in [0, 0.1) is 0 Å². The largest absolute Gasteiger partial charge is 0.368 e. The van der Waals surface area contributed by atoms with Crippen molar-refractivity contribution in [3.05, 3.63) is 23.4 Å². The lowest BCUT2D eigenvalue weighted by Gasteiger charge is -2.24. The van der Waals surface area contributed by atoms with Gasteiger partial charge in [0.2, 0.25) is 5.91 Å².